The summed E-state index contributed by atoms with van der Waals surface area (Å²) in [6, 6.07) is 25.4. The lowest BCUT2D eigenvalue weighted by Crippen LogP contribution is -2.03. The van der Waals surface area contributed by atoms with Gasteiger partial charge in [0, 0.05) is 23.2 Å². The number of nitrogens with zero attached hydrogens (tertiary/aromatic N) is 3. The predicted octanol–water partition coefficient (Wildman–Crippen LogP) is 5.30. The summed E-state index contributed by atoms with van der Waals surface area (Å²) in [6.45, 7) is 1.95. The van der Waals surface area contributed by atoms with Gasteiger partial charge in [0.05, 0.1) is 22.9 Å². The van der Waals surface area contributed by atoms with E-state index in [0.717, 1.165) is 45.7 Å². The van der Waals surface area contributed by atoms with E-state index in [1.54, 1.807) is 4.68 Å². The fraction of sp³-hybridized carbons (Fsp3) is 0.111. The Morgan fingerprint density at radius 3 is 2.61 bits per heavy atom. The van der Waals surface area contributed by atoms with Gasteiger partial charge in [0.2, 0.25) is 0 Å². The van der Waals surface area contributed by atoms with Gasteiger partial charge in [-0.15, -0.1) is 0 Å². The molecule has 0 atom stereocenters. The van der Waals surface area contributed by atoms with E-state index in [-0.39, 0.29) is 0 Å². The number of rotatable bonds is 5. The predicted molar refractivity (Wildman–Crippen MR) is 133 cm³/mol. The molecule has 0 fully saturated rings. The second-order valence-corrected chi connectivity index (χ2v) is 8.55. The highest BCUT2D eigenvalue weighted by Crippen LogP contribution is 2.25. The van der Waals surface area contributed by atoms with Crippen LogP contribution < -0.4 is 5.73 Å². The van der Waals surface area contributed by atoms with E-state index in [1.807, 2.05) is 31.3 Å². The van der Waals surface area contributed by atoms with Crippen molar-refractivity contribution in [2.45, 2.75) is 19.8 Å². The Hall–Kier alpha value is -4.32. The molecule has 3 aromatic heterocycles. The zero-order valence-corrected chi connectivity index (χ0v) is 18.3. The molecule has 6 rings (SSSR count). The van der Waals surface area contributed by atoms with Crippen LogP contribution >= 0.6 is 0 Å². The summed E-state index contributed by atoms with van der Waals surface area (Å²) < 4.78 is 1.78. The Morgan fingerprint density at radius 1 is 0.848 bits per heavy atom. The molecule has 0 bridgehead atoms. The van der Waals surface area contributed by atoms with Crippen LogP contribution in [0.15, 0.2) is 79.0 Å². The average Bonchev–Trinajstić information content (AvgIpc) is 3.50. The summed E-state index contributed by atoms with van der Waals surface area (Å²) in [5.41, 5.74) is 15.2. The molecule has 0 unspecified atom stereocenters. The molecule has 0 radical (unpaired) electrons. The number of aryl methyl sites for hydroxylation is 1. The Morgan fingerprint density at radius 2 is 1.73 bits per heavy atom. The molecule has 6 heteroatoms. The van der Waals surface area contributed by atoms with Crippen molar-refractivity contribution in [1.29, 1.82) is 0 Å². The minimum absolute atomic E-state index is 0.647. The monoisotopic (exact) mass is 432 g/mol. The van der Waals surface area contributed by atoms with E-state index in [0.29, 0.717) is 12.2 Å². The molecule has 4 N–H and O–H groups in total. The largest absolute Gasteiger partial charge is 0.383 e. The summed E-state index contributed by atoms with van der Waals surface area (Å²) in [4.78, 5) is 11.3. The number of H-pyrrole nitrogens is 2. The lowest BCUT2D eigenvalue weighted by Gasteiger charge is -2.05. The molecule has 162 valence electrons. The van der Waals surface area contributed by atoms with Gasteiger partial charge >= 0.3 is 0 Å². The third-order valence-corrected chi connectivity index (χ3v) is 6.09. The molecule has 0 spiro atoms. The van der Waals surface area contributed by atoms with Crippen LogP contribution in [-0.4, -0.2) is 24.7 Å². The van der Waals surface area contributed by atoms with Crippen LogP contribution in [0, 0.1) is 6.92 Å². The first-order valence-electron chi connectivity index (χ1n) is 11.1. The van der Waals surface area contributed by atoms with E-state index >= 15 is 0 Å². The summed E-state index contributed by atoms with van der Waals surface area (Å²) in [5, 5.41) is 5.77. The number of hydrogen-bond donors (Lipinski definition) is 3. The first kappa shape index (κ1) is 19.4. The van der Waals surface area contributed by atoms with Crippen molar-refractivity contribution in [2.75, 3.05) is 5.73 Å². The highest BCUT2D eigenvalue weighted by Gasteiger charge is 2.13. The third kappa shape index (κ3) is 3.65. The van der Waals surface area contributed by atoms with Gasteiger partial charge in [-0.25, -0.2) is 9.67 Å². The molecule has 6 aromatic rings. The number of anilines is 1. The van der Waals surface area contributed by atoms with Crippen LogP contribution in [0.4, 0.5) is 5.82 Å². The smallest absolute Gasteiger partial charge is 0.130 e. The molecule has 0 saturated heterocycles. The van der Waals surface area contributed by atoms with Gasteiger partial charge in [-0.2, -0.15) is 5.10 Å². The fourth-order valence-corrected chi connectivity index (χ4v) is 4.47. The Bertz CT molecular complexity index is 1590. The minimum Gasteiger partial charge on any atom is -0.383 e. The number of fused-ring (bicyclic) bond motifs is 2. The second-order valence-electron chi connectivity index (χ2n) is 8.55. The second kappa shape index (κ2) is 7.67. The maximum Gasteiger partial charge on any atom is 0.130 e. The van der Waals surface area contributed by atoms with E-state index < -0.39 is 0 Å². The molecule has 6 nitrogen and oxygen atoms in total. The minimum atomic E-state index is 0.647. The number of nitrogens with two attached hydrogens (primary N) is 1. The molecule has 33 heavy (non-hydrogen) atoms. The SMILES string of the molecule is Cc1nc2ccc(-n3ncc(Cc4cc5cc(Cc6ccccc6)ccc5[nH]4)c3N)cc2[nH]1. The van der Waals surface area contributed by atoms with Crippen molar-refractivity contribution in [2.24, 2.45) is 0 Å². The molecule has 0 aliphatic rings. The summed E-state index contributed by atoms with van der Waals surface area (Å²) in [7, 11) is 0. The van der Waals surface area contributed by atoms with Crippen molar-refractivity contribution < 1.29 is 0 Å². The molecule has 3 heterocycles. The Kier molecular flexibility index (Phi) is 4.50. The standard InChI is InChI=1S/C27H24N6/c1-17-30-25-10-8-23(15-26(25)31-17)33-27(28)21(16-29-33)14-22-13-20-12-19(7-9-24(20)32-22)11-18-5-3-2-4-6-18/h2-10,12-13,15-16,32H,11,14,28H2,1H3,(H,30,31). The number of aromatic nitrogens is 5. The number of aromatic amines is 2. The molecule has 0 aliphatic carbocycles. The molecular formula is C27H24N6. The van der Waals surface area contributed by atoms with Crippen LogP contribution in [0.25, 0.3) is 27.6 Å². The molecule has 0 saturated carbocycles. The van der Waals surface area contributed by atoms with Gasteiger partial charge in [-0.3, -0.25) is 0 Å². The van der Waals surface area contributed by atoms with Crippen LogP contribution in [0.3, 0.4) is 0 Å². The van der Waals surface area contributed by atoms with Crippen molar-refractivity contribution in [3.05, 3.63) is 107 Å². The van der Waals surface area contributed by atoms with Gasteiger partial charge in [-0.1, -0.05) is 36.4 Å². The lowest BCUT2D eigenvalue weighted by molar-refractivity contribution is 0.892. The summed E-state index contributed by atoms with van der Waals surface area (Å²) >= 11 is 0. The highest BCUT2D eigenvalue weighted by molar-refractivity contribution is 5.81. The Balaban J connectivity index is 1.26. The quantitative estimate of drug-likeness (QED) is 0.345. The van der Waals surface area contributed by atoms with Crippen LogP contribution in [-0.2, 0) is 12.8 Å². The molecule has 0 aliphatic heterocycles. The normalized spacial score (nSPS) is 11.5. The van der Waals surface area contributed by atoms with Crippen LogP contribution in [0.5, 0.6) is 0 Å². The van der Waals surface area contributed by atoms with Gasteiger partial charge in [-0.05, 0) is 66.3 Å². The van der Waals surface area contributed by atoms with Crippen LogP contribution in [0.1, 0.15) is 28.2 Å². The zero-order chi connectivity index (χ0) is 22.4. The maximum atomic E-state index is 6.50. The van der Waals surface area contributed by atoms with Gasteiger partial charge < -0.3 is 15.7 Å². The average molecular weight is 433 g/mol. The topological polar surface area (TPSA) is 88.3 Å². The van der Waals surface area contributed by atoms with Crippen molar-refractivity contribution in [1.82, 2.24) is 24.7 Å². The lowest BCUT2D eigenvalue weighted by atomic mass is 10.0. The molecular weight excluding hydrogens is 408 g/mol. The number of benzene rings is 3. The fourth-order valence-electron chi connectivity index (χ4n) is 4.47. The van der Waals surface area contributed by atoms with Crippen LogP contribution in [0.2, 0.25) is 0 Å². The zero-order valence-electron chi connectivity index (χ0n) is 18.3. The first-order chi connectivity index (χ1) is 16.1. The molecule has 3 aromatic carbocycles. The van der Waals surface area contributed by atoms with E-state index in [2.05, 4.69) is 74.6 Å². The van der Waals surface area contributed by atoms with E-state index in [4.69, 9.17) is 5.73 Å². The number of nitrogen functional groups attached to an aromatic ring is 1. The summed E-state index contributed by atoms with van der Waals surface area (Å²) in [6.07, 6.45) is 3.47. The summed E-state index contributed by atoms with van der Waals surface area (Å²) in [5.74, 6) is 1.54. The van der Waals surface area contributed by atoms with E-state index in [9.17, 15) is 0 Å². The van der Waals surface area contributed by atoms with Crippen molar-refractivity contribution in [3.8, 4) is 5.69 Å². The first-order valence-corrected chi connectivity index (χ1v) is 11.1. The highest BCUT2D eigenvalue weighted by atomic mass is 15.3. The third-order valence-electron chi connectivity index (χ3n) is 6.09. The maximum absolute atomic E-state index is 6.50. The number of imidazole rings is 1. The number of nitrogens with one attached hydrogen (secondary N) is 2. The van der Waals surface area contributed by atoms with Gasteiger partial charge in [0.1, 0.15) is 11.6 Å². The van der Waals surface area contributed by atoms with E-state index in [1.165, 1.54) is 16.5 Å². The Labute approximate surface area is 191 Å². The van der Waals surface area contributed by atoms with Crippen molar-refractivity contribution >= 4 is 27.8 Å². The van der Waals surface area contributed by atoms with Gasteiger partial charge in [0.25, 0.3) is 0 Å². The number of hydrogen-bond acceptors (Lipinski definition) is 3. The molecule has 0 amide bonds. The van der Waals surface area contributed by atoms with Crippen molar-refractivity contribution in [3.63, 3.8) is 0 Å². The van der Waals surface area contributed by atoms with Gasteiger partial charge in [0.15, 0.2) is 0 Å².